The van der Waals surface area contributed by atoms with Crippen molar-refractivity contribution >= 4 is 21.9 Å². The van der Waals surface area contributed by atoms with E-state index in [2.05, 4.69) is 20.7 Å². The summed E-state index contributed by atoms with van der Waals surface area (Å²) in [4.78, 5) is 11.1. The maximum absolute atomic E-state index is 12.7. The number of alkyl halides is 3. The molecule has 2 nitrogen and oxygen atoms in total. The summed E-state index contributed by atoms with van der Waals surface area (Å²) in [6.07, 6.45) is -4.66. The zero-order valence-corrected chi connectivity index (χ0v) is 9.80. The molecule has 0 radical (unpaired) electrons. The maximum atomic E-state index is 12.7. The van der Waals surface area contributed by atoms with Crippen molar-refractivity contribution in [1.82, 2.24) is 0 Å². The largest absolute Gasteiger partial charge is 0.468 e. The molecule has 0 fully saturated rings. The fourth-order valence-corrected chi connectivity index (χ4v) is 1.68. The molecule has 0 aliphatic heterocycles. The molecular formula is C10H8BrF3O2. The van der Waals surface area contributed by atoms with E-state index in [4.69, 9.17) is 0 Å². The lowest BCUT2D eigenvalue weighted by atomic mass is 9.99. The summed E-state index contributed by atoms with van der Waals surface area (Å²) in [5.41, 5.74) is -0.145. The summed E-state index contributed by atoms with van der Waals surface area (Å²) in [5, 5.41) is 0. The van der Waals surface area contributed by atoms with E-state index in [-0.39, 0.29) is 5.56 Å². The molecule has 1 rings (SSSR count). The molecule has 0 bridgehead atoms. The van der Waals surface area contributed by atoms with Crippen LogP contribution in [0.4, 0.5) is 13.2 Å². The molecule has 0 saturated heterocycles. The zero-order valence-electron chi connectivity index (χ0n) is 8.22. The molecule has 0 N–H and O–H groups in total. The number of benzene rings is 1. The molecule has 1 aromatic carbocycles. The molecule has 0 aromatic heterocycles. The van der Waals surface area contributed by atoms with Crippen LogP contribution in [0.2, 0.25) is 0 Å². The van der Waals surface area contributed by atoms with Crippen LogP contribution in [0.1, 0.15) is 11.5 Å². The highest BCUT2D eigenvalue weighted by Crippen LogP contribution is 2.36. The van der Waals surface area contributed by atoms with Gasteiger partial charge in [-0.25, -0.2) is 0 Å². The highest BCUT2D eigenvalue weighted by Gasteiger charge is 2.46. The quantitative estimate of drug-likeness (QED) is 0.783. The topological polar surface area (TPSA) is 26.3 Å². The fraction of sp³-hybridized carbons (Fsp3) is 0.300. The van der Waals surface area contributed by atoms with Gasteiger partial charge in [0, 0.05) is 4.47 Å². The maximum Gasteiger partial charge on any atom is 0.406 e. The third-order valence-electron chi connectivity index (χ3n) is 1.95. The Bertz CT molecular complexity index is 390. The molecule has 0 amide bonds. The molecule has 1 aromatic rings. The number of halogens is 4. The Morgan fingerprint density at radius 1 is 1.44 bits per heavy atom. The van der Waals surface area contributed by atoms with Crippen molar-refractivity contribution in [2.45, 2.75) is 12.1 Å². The van der Waals surface area contributed by atoms with Gasteiger partial charge < -0.3 is 4.74 Å². The van der Waals surface area contributed by atoms with Gasteiger partial charge in [-0.1, -0.05) is 28.1 Å². The van der Waals surface area contributed by atoms with Crippen molar-refractivity contribution in [1.29, 1.82) is 0 Å². The Labute approximate surface area is 98.5 Å². The lowest BCUT2D eigenvalue weighted by molar-refractivity contribution is -0.179. The van der Waals surface area contributed by atoms with Gasteiger partial charge in [-0.15, -0.1) is 0 Å². The lowest BCUT2D eigenvalue weighted by Crippen LogP contribution is -2.29. The number of ether oxygens (including phenoxy) is 1. The summed E-state index contributed by atoms with van der Waals surface area (Å²) < 4.78 is 42.6. The molecule has 0 saturated carbocycles. The van der Waals surface area contributed by atoms with Crippen molar-refractivity contribution in [3.63, 3.8) is 0 Å². The summed E-state index contributed by atoms with van der Waals surface area (Å²) in [5.74, 6) is -3.56. The van der Waals surface area contributed by atoms with Crippen molar-refractivity contribution in [3.05, 3.63) is 34.3 Å². The number of hydrogen-bond acceptors (Lipinski definition) is 2. The zero-order chi connectivity index (χ0) is 12.3. The Balaban J connectivity index is 3.17. The standard InChI is InChI=1S/C10H8BrF3O2/c1-16-9(15)8(10(12,13)14)6-3-2-4-7(11)5-6/h2-5,8H,1H3. The Hall–Kier alpha value is -1.04. The Kier molecular flexibility index (Phi) is 3.96. The van der Waals surface area contributed by atoms with Gasteiger partial charge in [-0.05, 0) is 17.7 Å². The van der Waals surface area contributed by atoms with E-state index in [1.807, 2.05) is 0 Å². The molecule has 0 aliphatic rings. The second-order valence-corrected chi connectivity index (χ2v) is 3.97. The highest BCUT2D eigenvalue weighted by atomic mass is 79.9. The van der Waals surface area contributed by atoms with Gasteiger partial charge in [0.15, 0.2) is 5.92 Å². The smallest absolute Gasteiger partial charge is 0.406 e. The van der Waals surface area contributed by atoms with Crippen LogP contribution in [0.15, 0.2) is 28.7 Å². The van der Waals surface area contributed by atoms with Crippen LogP contribution < -0.4 is 0 Å². The van der Waals surface area contributed by atoms with Crippen LogP contribution >= 0.6 is 15.9 Å². The highest BCUT2D eigenvalue weighted by molar-refractivity contribution is 9.10. The molecule has 0 aliphatic carbocycles. The van der Waals surface area contributed by atoms with Gasteiger partial charge in [-0.2, -0.15) is 13.2 Å². The number of hydrogen-bond donors (Lipinski definition) is 0. The third kappa shape index (κ3) is 2.98. The van der Waals surface area contributed by atoms with Crippen LogP contribution in [0, 0.1) is 0 Å². The van der Waals surface area contributed by atoms with Crippen molar-refractivity contribution < 1.29 is 22.7 Å². The van der Waals surface area contributed by atoms with Gasteiger partial charge in [0.2, 0.25) is 0 Å². The Morgan fingerprint density at radius 3 is 2.50 bits per heavy atom. The Morgan fingerprint density at radius 2 is 2.06 bits per heavy atom. The minimum absolute atomic E-state index is 0.145. The molecule has 0 spiro atoms. The van der Waals surface area contributed by atoms with Gasteiger partial charge >= 0.3 is 12.1 Å². The van der Waals surface area contributed by atoms with Crippen molar-refractivity contribution in [2.24, 2.45) is 0 Å². The molecular weight excluding hydrogens is 289 g/mol. The predicted octanol–water partition coefficient (Wildman–Crippen LogP) is 3.27. The first-order chi connectivity index (χ1) is 7.36. The van der Waals surface area contributed by atoms with Crippen LogP contribution in [-0.2, 0) is 9.53 Å². The fourth-order valence-electron chi connectivity index (χ4n) is 1.26. The molecule has 88 valence electrons. The van der Waals surface area contributed by atoms with Crippen molar-refractivity contribution in [2.75, 3.05) is 7.11 Å². The summed E-state index contributed by atoms with van der Waals surface area (Å²) in [6.45, 7) is 0. The molecule has 16 heavy (non-hydrogen) atoms. The van der Waals surface area contributed by atoms with E-state index in [1.54, 1.807) is 6.07 Å². The van der Waals surface area contributed by atoms with Crippen LogP contribution in [0.5, 0.6) is 0 Å². The molecule has 0 heterocycles. The third-order valence-corrected chi connectivity index (χ3v) is 2.44. The second kappa shape index (κ2) is 4.86. The molecule has 6 heteroatoms. The number of methoxy groups -OCH3 is 1. The predicted molar refractivity (Wildman–Crippen MR) is 55.0 cm³/mol. The number of esters is 1. The monoisotopic (exact) mass is 296 g/mol. The van der Waals surface area contributed by atoms with Gasteiger partial charge in [-0.3, -0.25) is 4.79 Å². The first-order valence-corrected chi connectivity index (χ1v) is 5.05. The molecule has 1 unspecified atom stereocenters. The van der Waals surface area contributed by atoms with Crippen LogP contribution in [0.25, 0.3) is 0 Å². The first-order valence-electron chi connectivity index (χ1n) is 4.26. The molecule has 1 atom stereocenters. The first kappa shape index (κ1) is 13.0. The van der Waals surface area contributed by atoms with E-state index in [9.17, 15) is 18.0 Å². The normalized spacial score (nSPS) is 13.3. The minimum Gasteiger partial charge on any atom is -0.468 e. The summed E-state index contributed by atoms with van der Waals surface area (Å²) in [7, 11) is 0.930. The van der Waals surface area contributed by atoms with E-state index in [1.165, 1.54) is 18.2 Å². The number of carbonyl (C=O) groups is 1. The van der Waals surface area contributed by atoms with Gasteiger partial charge in [0.1, 0.15) is 0 Å². The second-order valence-electron chi connectivity index (χ2n) is 3.05. The van der Waals surface area contributed by atoms with Crippen LogP contribution in [-0.4, -0.2) is 19.3 Å². The van der Waals surface area contributed by atoms with Gasteiger partial charge in [0.05, 0.1) is 7.11 Å². The van der Waals surface area contributed by atoms with Crippen LogP contribution in [0.3, 0.4) is 0 Å². The lowest BCUT2D eigenvalue weighted by Gasteiger charge is -2.18. The number of carbonyl (C=O) groups excluding carboxylic acids is 1. The van der Waals surface area contributed by atoms with E-state index < -0.39 is 18.1 Å². The van der Waals surface area contributed by atoms with E-state index in [0.717, 1.165) is 7.11 Å². The average molecular weight is 297 g/mol. The summed E-state index contributed by atoms with van der Waals surface area (Å²) in [6, 6.07) is 5.49. The van der Waals surface area contributed by atoms with Crippen molar-refractivity contribution in [3.8, 4) is 0 Å². The van der Waals surface area contributed by atoms with E-state index in [0.29, 0.717) is 4.47 Å². The summed E-state index contributed by atoms with van der Waals surface area (Å²) >= 11 is 3.05. The SMILES string of the molecule is COC(=O)C(c1cccc(Br)c1)C(F)(F)F. The van der Waals surface area contributed by atoms with Gasteiger partial charge in [0.25, 0.3) is 0 Å². The number of rotatable bonds is 2. The minimum atomic E-state index is -4.66. The average Bonchev–Trinajstić information content (AvgIpc) is 2.15. The van der Waals surface area contributed by atoms with E-state index >= 15 is 0 Å².